The molecule has 28 heavy (non-hydrogen) atoms. The number of hydrogen-bond acceptors (Lipinski definition) is 3. The van der Waals surface area contributed by atoms with Crippen LogP contribution in [-0.4, -0.2) is 28.6 Å². The third-order valence-corrected chi connectivity index (χ3v) is 4.18. The summed E-state index contributed by atoms with van der Waals surface area (Å²) in [6.45, 7) is 14.7. The fourth-order valence-corrected chi connectivity index (χ4v) is 3.08. The zero-order chi connectivity index (χ0) is 21.1. The number of anilines is 1. The number of likely N-dealkylation sites (N-methyl/N-ethyl adjacent to an activating group) is 1. The van der Waals surface area contributed by atoms with Gasteiger partial charge in [-0.2, -0.15) is 0 Å². The van der Waals surface area contributed by atoms with E-state index in [1.54, 1.807) is 0 Å². The number of benzene rings is 1. The molecule has 0 atom stereocenters. The highest BCUT2D eigenvalue weighted by atomic mass is 15.4. The summed E-state index contributed by atoms with van der Waals surface area (Å²) in [7, 11) is 4.04. The quantitative estimate of drug-likeness (QED) is 0.637. The van der Waals surface area contributed by atoms with Crippen molar-refractivity contribution in [3.63, 3.8) is 0 Å². The number of allylic oxidation sites excluding steroid dienone is 5. The molecule has 2 aromatic rings. The third kappa shape index (κ3) is 4.89. The average molecular weight is 379 g/mol. The van der Waals surface area contributed by atoms with E-state index in [1.165, 1.54) is 5.57 Å². The number of hydrogen-bond donors (Lipinski definition) is 0. The van der Waals surface area contributed by atoms with Crippen molar-refractivity contribution in [1.82, 2.24) is 15.0 Å². The molecule has 0 saturated heterocycles. The van der Waals surface area contributed by atoms with Crippen LogP contribution in [0.4, 0.5) is 5.69 Å². The van der Waals surface area contributed by atoms with Crippen LogP contribution in [0.3, 0.4) is 0 Å². The molecule has 0 radical (unpaired) electrons. The maximum absolute atomic E-state index is 4.45. The molecule has 1 aliphatic heterocycles. The molecule has 0 N–H and O–H groups in total. The Labute approximate surface area is 170 Å². The summed E-state index contributed by atoms with van der Waals surface area (Å²) >= 11 is 0. The van der Waals surface area contributed by atoms with Crippen LogP contribution in [0.5, 0.6) is 0 Å². The molecule has 0 saturated carbocycles. The lowest BCUT2D eigenvalue weighted by Crippen LogP contribution is -2.23. The molecule has 0 unspecified atom stereocenters. The summed E-state index contributed by atoms with van der Waals surface area (Å²) in [5, 5.41) is 8.73. The molecule has 1 aromatic heterocycles. The van der Waals surface area contributed by atoms with Crippen molar-refractivity contribution in [2.24, 2.45) is 7.05 Å². The zero-order valence-corrected chi connectivity index (χ0v) is 18.4. The summed E-state index contributed by atoms with van der Waals surface area (Å²) in [5.74, 6) is 0. The molecule has 4 heteroatoms. The maximum atomic E-state index is 4.45. The lowest BCUT2D eigenvalue weighted by Gasteiger charge is -2.27. The first-order valence-electron chi connectivity index (χ1n) is 10.0. The van der Waals surface area contributed by atoms with Crippen molar-refractivity contribution in [3.05, 3.63) is 72.5 Å². The minimum Gasteiger partial charge on any atom is -0.370 e. The Balaban J connectivity index is 0.000000921. The number of aromatic nitrogens is 3. The minimum absolute atomic E-state index is 0.797. The smallest absolute Gasteiger partial charge is 0.123 e. The van der Waals surface area contributed by atoms with Gasteiger partial charge in [0.1, 0.15) is 5.69 Å². The normalized spacial score (nSPS) is 15.6. The highest BCUT2D eigenvalue weighted by molar-refractivity contribution is 5.91. The molecular formula is C24H34N4. The van der Waals surface area contributed by atoms with E-state index in [0.29, 0.717) is 0 Å². The van der Waals surface area contributed by atoms with Gasteiger partial charge in [0, 0.05) is 37.5 Å². The lowest BCUT2D eigenvalue weighted by atomic mass is 9.93. The summed E-state index contributed by atoms with van der Waals surface area (Å²) in [4.78, 5) is 2.25. The molecule has 0 fully saturated rings. The molecule has 0 bridgehead atoms. The van der Waals surface area contributed by atoms with Gasteiger partial charge in [0.15, 0.2) is 0 Å². The van der Waals surface area contributed by atoms with Crippen LogP contribution in [0.2, 0.25) is 0 Å². The molecule has 0 aliphatic carbocycles. The Kier molecular flexibility index (Phi) is 9.72. The summed E-state index contributed by atoms with van der Waals surface area (Å²) in [6, 6.07) is 8.33. The van der Waals surface area contributed by atoms with E-state index < -0.39 is 0 Å². The molecule has 3 rings (SSSR count). The van der Waals surface area contributed by atoms with Crippen LogP contribution in [0.1, 0.15) is 40.3 Å². The number of para-hydroxylation sites is 1. The van der Waals surface area contributed by atoms with E-state index in [-0.39, 0.29) is 0 Å². The number of fused-ring (bicyclic) bond motifs is 3. The molecule has 0 spiro atoms. The van der Waals surface area contributed by atoms with Gasteiger partial charge in [-0.05, 0) is 18.6 Å². The summed E-state index contributed by atoms with van der Waals surface area (Å²) in [6.07, 6.45) is 10.1. The molecule has 1 aliphatic rings. The van der Waals surface area contributed by atoms with Crippen LogP contribution in [0, 0.1) is 0 Å². The Morgan fingerprint density at radius 1 is 1.04 bits per heavy atom. The molecule has 0 amide bonds. The standard InChI is InChI=1S/C20H22N4.2C2H6/c1-5-7-11-15-14-23(3)18-13-9-8-12-17(18)19-20(16(15)10-6-2)24(4)22-21-19;2*1-2/h5-13H,2,14H2,1,3-4H3;2*1-2H3/b7-5-,15-11-,16-10+;;. The van der Waals surface area contributed by atoms with Crippen LogP contribution in [0.25, 0.3) is 16.8 Å². The average Bonchev–Trinajstić information content (AvgIpc) is 3.12. The van der Waals surface area contributed by atoms with Crippen molar-refractivity contribution < 1.29 is 0 Å². The molecule has 2 heterocycles. The molecule has 1 aromatic carbocycles. The molecule has 150 valence electrons. The SMILES string of the molecule is C=C\C=C1/C(=C\C=C/C)CN(C)c2ccccc2-c2nnn(C)c21.CC.CC. The van der Waals surface area contributed by atoms with E-state index >= 15 is 0 Å². The minimum atomic E-state index is 0.797. The highest BCUT2D eigenvalue weighted by Gasteiger charge is 2.25. The van der Waals surface area contributed by atoms with E-state index in [4.69, 9.17) is 0 Å². The third-order valence-electron chi connectivity index (χ3n) is 4.18. The Morgan fingerprint density at radius 3 is 2.36 bits per heavy atom. The first kappa shape index (κ1) is 23.2. The van der Waals surface area contributed by atoms with Crippen LogP contribution < -0.4 is 4.90 Å². The van der Waals surface area contributed by atoms with Crippen molar-refractivity contribution >= 4 is 11.3 Å². The zero-order valence-electron chi connectivity index (χ0n) is 18.4. The second kappa shape index (κ2) is 11.8. The Hall–Kier alpha value is -2.88. The van der Waals surface area contributed by atoms with E-state index in [9.17, 15) is 0 Å². The van der Waals surface area contributed by atoms with Crippen molar-refractivity contribution in [1.29, 1.82) is 0 Å². The van der Waals surface area contributed by atoms with Crippen molar-refractivity contribution in [2.45, 2.75) is 34.6 Å². The van der Waals surface area contributed by atoms with Gasteiger partial charge in [-0.15, -0.1) is 5.10 Å². The molecular weight excluding hydrogens is 344 g/mol. The second-order valence-electron chi connectivity index (χ2n) is 5.82. The van der Waals surface area contributed by atoms with Crippen molar-refractivity contribution in [2.75, 3.05) is 18.5 Å². The second-order valence-corrected chi connectivity index (χ2v) is 5.82. The highest BCUT2D eigenvalue weighted by Crippen LogP contribution is 2.39. The van der Waals surface area contributed by atoms with E-state index in [2.05, 4.69) is 59.2 Å². The van der Waals surface area contributed by atoms with Gasteiger partial charge in [0.25, 0.3) is 0 Å². The van der Waals surface area contributed by atoms with E-state index in [1.807, 2.05) is 70.6 Å². The fourth-order valence-electron chi connectivity index (χ4n) is 3.08. The fraction of sp³-hybridized carbons (Fsp3) is 0.333. The van der Waals surface area contributed by atoms with Crippen LogP contribution in [-0.2, 0) is 7.05 Å². The summed E-state index contributed by atoms with van der Waals surface area (Å²) in [5.41, 5.74) is 6.49. The number of rotatable bonds is 2. The lowest BCUT2D eigenvalue weighted by molar-refractivity contribution is 0.707. The monoisotopic (exact) mass is 378 g/mol. The predicted molar refractivity (Wildman–Crippen MR) is 123 cm³/mol. The van der Waals surface area contributed by atoms with Gasteiger partial charge >= 0.3 is 0 Å². The van der Waals surface area contributed by atoms with Gasteiger partial charge in [0.05, 0.1) is 5.69 Å². The number of nitrogens with zero attached hydrogens (tertiary/aromatic N) is 4. The van der Waals surface area contributed by atoms with Gasteiger partial charge in [-0.25, -0.2) is 4.68 Å². The Morgan fingerprint density at radius 2 is 1.71 bits per heavy atom. The van der Waals surface area contributed by atoms with Crippen molar-refractivity contribution in [3.8, 4) is 11.3 Å². The number of aryl methyl sites for hydroxylation is 1. The predicted octanol–water partition coefficient (Wildman–Crippen LogP) is 6.06. The first-order valence-corrected chi connectivity index (χ1v) is 10.0. The van der Waals surface area contributed by atoms with Gasteiger partial charge < -0.3 is 4.90 Å². The van der Waals surface area contributed by atoms with Gasteiger partial charge in [-0.3, -0.25) is 0 Å². The van der Waals surface area contributed by atoms with Crippen LogP contribution >= 0.6 is 0 Å². The van der Waals surface area contributed by atoms with Crippen LogP contribution in [0.15, 0.2) is 66.8 Å². The first-order chi connectivity index (χ1) is 13.7. The summed E-state index contributed by atoms with van der Waals surface area (Å²) < 4.78 is 1.84. The maximum Gasteiger partial charge on any atom is 0.123 e. The topological polar surface area (TPSA) is 34.0 Å². The largest absolute Gasteiger partial charge is 0.370 e. The van der Waals surface area contributed by atoms with E-state index in [0.717, 1.165) is 34.8 Å². The van der Waals surface area contributed by atoms with Gasteiger partial charge in [-0.1, -0.05) is 88.1 Å². The van der Waals surface area contributed by atoms with Gasteiger partial charge in [0.2, 0.25) is 0 Å². The Bertz CT molecular complexity index is 853. The molecule has 4 nitrogen and oxygen atoms in total.